The van der Waals surface area contributed by atoms with Gasteiger partial charge in [-0.1, -0.05) is 36.4 Å². The number of carboxylic acids is 1. The van der Waals surface area contributed by atoms with Gasteiger partial charge in [0.15, 0.2) is 23.9 Å². The molecular formula is C26H19N3O6. The van der Waals surface area contributed by atoms with Crippen LogP contribution < -0.4 is 15.0 Å². The van der Waals surface area contributed by atoms with E-state index in [0.29, 0.717) is 33.6 Å². The Morgan fingerprint density at radius 2 is 1.91 bits per heavy atom. The molecule has 35 heavy (non-hydrogen) atoms. The van der Waals surface area contributed by atoms with Gasteiger partial charge in [0, 0.05) is 10.9 Å². The number of carbonyl (C=O) groups is 1. The van der Waals surface area contributed by atoms with Crippen molar-refractivity contribution in [2.45, 2.75) is 0 Å². The van der Waals surface area contributed by atoms with Crippen molar-refractivity contribution in [1.29, 1.82) is 0 Å². The van der Waals surface area contributed by atoms with Crippen molar-refractivity contribution in [3.63, 3.8) is 0 Å². The fourth-order valence-corrected chi connectivity index (χ4v) is 3.69. The molecule has 0 spiro atoms. The van der Waals surface area contributed by atoms with Gasteiger partial charge in [0.25, 0.3) is 5.56 Å². The predicted octanol–water partition coefficient (Wildman–Crippen LogP) is 4.16. The van der Waals surface area contributed by atoms with Crippen molar-refractivity contribution >= 4 is 34.1 Å². The van der Waals surface area contributed by atoms with E-state index < -0.39 is 18.1 Å². The maximum atomic E-state index is 13.4. The minimum atomic E-state index is -1.14. The lowest BCUT2D eigenvalue weighted by atomic mass is 10.2. The topological polar surface area (TPSA) is 116 Å². The van der Waals surface area contributed by atoms with Crippen LogP contribution in [0.1, 0.15) is 5.56 Å². The maximum Gasteiger partial charge on any atom is 0.341 e. The molecule has 0 fully saturated rings. The molecular weight excluding hydrogens is 450 g/mol. The number of ether oxygens (including phenoxy) is 2. The summed E-state index contributed by atoms with van der Waals surface area (Å²) in [6, 6.07) is 21.3. The number of hydrogen-bond donors (Lipinski definition) is 1. The highest BCUT2D eigenvalue weighted by Crippen LogP contribution is 2.31. The number of fused-ring (bicyclic) bond motifs is 2. The molecule has 0 aliphatic rings. The number of aliphatic carboxylic acids is 1. The van der Waals surface area contributed by atoms with Gasteiger partial charge in [0.1, 0.15) is 5.58 Å². The van der Waals surface area contributed by atoms with Crippen LogP contribution >= 0.6 is 0 Å². The predicted molar refractivity (Wildman–Crippen MR) is 130 cm³/mol. The Kier molecular flexibility index (Phi) is 5.72. The largest absolute Gasteiger partial charge is 0.493 e. The summed E-state index contributed by atoms with van der Waals surface area (Å²) in [6.45, 7) is -0.567. The van der Waals surface area contributed by atoms with Crippen molar-refractivity contribution in [3.8, 4) is 23.1 Å². The number of carboxylic acid groups (broad SMARTS) is 1. The second-order valence-electron chi connectivity index (χ2n) is 7.52. The third-order valence-electron chi connectivity index (χ3n) is 5.28. The molecule has 1 N–H and O–H groups in total. The summed E-state index contributed by atoms with van der Waals surface area (Å²) in [6.07, 6.45) is 1.39. The number of para-hydroxylation sites is 3. The molecule has 0 saturated heterocycles. The zero-order valence-electron chi connectivity index (χ0n) is 18.5. The summed E-state index contributed by atoms with van der Waals surface area (Å²) < 4.78 is 17.9. The molecule has 0 aliphatic heterocycles. The van der Waals surface area contributed by atoms with Gasteiger partial charge in [0.2, 0.25) is 5.82 Å². The van der Waals surface area contributed by atoms with Crippen molar-refractivity contribution in [2.24, 2.45) is 5.10 Å². The Hall–Kier alpha value is -4.92. The zero-order chi connectivity index (χ0) is 24.4. The van der Waals surface area contributed by atoms with Crippen molar-refractivity contribution < 1.29 is 23.8 Å². The third kappa shape index (κ3) is 4.22. The first kappa shape index (κ1) is 21.9. The molecule has 9 heteroatoms. The molecule has 0 bridgehead atoms. The van der Waals surface area contributed by atoms with Gasteiger partial charge in [-0.2, -0.15) is 9.78 Å². The van der Waals surface area contributed by atoms with Gasteiger partial charge in [-0.3, -0.25) is 4.79 Å². The molecule has 5 rings (SSSR count). The smallest absolute Gasteiger partial charge is 0.341 e. The zero-order valence-corrected chi connectivity index (χ0v) is 18.5. The van der Waals surface area contributed by atoms with Crippen LogP contribution in [-0.4, -0.2) is 40.7 Å². The molecule has 0 aliphatic carbocycles. The van der Waals surface area contributed by atoms with E-state index in [1.165, 1.54) is 13.3 Å². The molecule has 0 saturated carbocycles. The number of aromatic nitrogens is 2. The van der Waals surface area contributed by atoms with Crippen LogP contribution in [0.15, 0.2) is 87.1 Å². The molecule has 3 aromatic carbocycles. The van der Waals surface area contributed by atoms with E-state index in [-0.39, 0.29) is 11.6 Å². The summed E-state index contributed by atoms with van der Waals surface area (Å²) in [4.78, 5) is 29.1. The Labute approximate surface area is 198 Å². The second kappa shape index (κ2) is 9.14. The van der Waals surface area contributed by atoms with E-state index in [0.717, 1.165) is 10.1 Å². The number of benzene rings is 3. The van der Waals surface area contributed by atoms with Gasteiger partial charge < -0.3 is 19.0 Å². The molecule has 0 amide bonds. The fourth-order valence-electron chi connectivity index (χ4n) is 3.69. The van der Waals surface area contributed by atoms with Crippen LogP contribution in [0.5, 0.6) is 11.5 Å². The van der Waals surface area contributed by atoms with Crippen LogP contribution in [-0.2, 0) is 4.79 Å². The van der Waals surface area contributed by atoms with E-state index in [2.05, 4.69) is 10.1 Å². The van der Waals surface area contributed by atoms with Crippen LogP contribution in [0.3, 0.4) is 0 Å². The first-order valence-corrected chi connectivity index (χ1v) is 10.6. The molecule has 5 aromatic rings. The van der Waals surface area contributed by atoms with E-state index in [4.69, 9.17) is 19.0 Å². The van der Waals surface area contributed by atoms with Crippen LogP contribution in [0.2, 0.25) is 0 Å². The van der Waals surface area contributed by atoms with Crippen LogP contribution in [0.4, 0.5) is 0 Å². The lowest BCUT2D eigenvalue weighted by molar-refractivity contribution is -0.139. The lowest BCUT2D eigenvalue weighted by Crippen LogP contribution is -2.20. The SMILES string of the molecule is COc1cccc(C=Nn2c(-c3cc4ccccc4o3)nc3ccccc3c2=O)c1OCC(=O)O. The summed E-state index contributed by atoms with van der Waals surface area (Å²) in [5, 5.41) is 14.7. The van der Waals surface area contributed by atoms with Crippen molar-refractivity contribution in [3.05, 3.63) is 88.7 Å². The van der Waals surface area contributed by atoms with Crippen LogP contribution in [0, 0.1) is 0 Å². The molecule has 0 radical (unpaired) electrons. The summed E-state index contributed by atoms with van der Waals surface area (Å²) >= 11 is 0. The van der Waals surface area contributed by atoms with Crippen molar-refractivity contribution in [2.75, 3.05) is 13.7 Å². The molecule has 0 atom stereocenters. The first-order valence-electron chi connectivity index (χ1n) is 10.6. The van der Waals surface area contributed by atoms with Gasteiger partial charge >= 0.3 is 5.97 Å². The Morgan fingerprint density at radius 3 is 2.71 bits per heavy atom. The maximum absolute atomic E-state index is 13.4. The van der Waals surface area contributed by atoms with E-state index >= 15 is 0 Å². The number of furan rings is 1. The quantitative estimate of drug-likeness (QED) is 0.356. The van der Waals surface area contributed by atoms with Gasteiger partial charge in [0.05, 0.1) is 24.2 Å². The molecule has 2 heterocycles. The van der Waals surface area contributed by atoms with E-state index in [9.17, 15) is 9.59 Å². The molecule has 9 nitrogen and oxygen atoms in total. The highest BCUT2D eigenvalue weighted by atomic mass is 16.5. The molecule has 2 aromatic heterocycles. The van der Waals surface area contributed by atoms with Gasteiger partial charge in [-0.25, -0.2) is 9.78 Å². The standard InChI is InChI=1S/C26H19N3O6/c1-33-21-12-6-8-17(24(21)34-15-23(30)31)14-27-29-25(22-13-16-7-2-5-11-20(16)35-22)28-19-10-4-3-9-18(19)26(29)32/h2-14H,15H2,1H3,(H,30,31). The minimum Gasteiger partial charge on any atom is -0.493 e. The Balaban J connectivity index is 1.68. The van der Waals surface area contributed by atoms with E-state index in [1.807, 2.05) is 24.3 Å². The highest BCUT2D eigenvalue weighted by Gasteiger charge is 2.17. The van der Waals surface area contributed by atoms with Gasteiger partial charge in [-0.05, 0) is 36.4 Å². The Bertz CT molecular complexity index is 1620. The number of nitrogens with zero attached hydrogens (tertiary/aromatic N) is 3. The number of rotatable bonds is 7. The Morgan fingerprint density at radius 1 is 1.11 bits per heavy atom. The fraction of sp³-hybridized carbons (Fsp3) is 0.0769. The molecule has 0 unspecified atom stereocenters. The monoisotopic (exact) mass is 469 g/mol. The summed E-state index contributed by atoms with van der Waals surface area (Å²) in [5.74, 6) is -0.0258. The summed E-state index contributed by atoms with van der Waals surface area (Å²) in [7, 11) is 1.45. The number of hydrogen-bond acceptors (Lipinski definition) is 7. The van der Waals surface area contributed by atoms with Crippen molar-refractivity contribution in [1.82, 2.24) is 9.66 Å². The highest BCUT2D eigenvalue weighted by molar-refractivity contribution is 5.87. The third-order valence-corrected chi connectivity index (χ3v) is 5.28. The van der Waals surface area contributed by atoms with Gasteiger partial charge in [-0.15, -0.1) is 0 Å². The second-order valence-corrected chi connectivity index (χ2v) is 7.52. The van der Waals surface area contributed by atoms with E-state index in [1.54, 1.807) is 48.5 Å². The average Bonchev–Trinajstić information content (AvgIpc) is 3.31. The molecule has 174 valence electrons. The first-order chi connectivity index (χ1) is 17.0. The van der Waals surface area contributed by atoms with Crippen LogP contribution in [0.25, 0.3) is 33.5 Å². The summed E-state index contributed by atoms with van der Waals surface area (Å²) in [5.41, 5.74) is 1.18. The lowest BCUT2D eigenvalue weighted by Gasteiger charge is -2.12. The normalized spacial score (nSPS) is 11.3. The minimum absolute atomic E-state index is 0.188. The average molecular weight is 469 g/mol. The number of methoxy groups -OCH3 is 1.